The third-order valence-electron chi connectivity index (χ3n) is 3.71. The highest BCUT2D eigenvalue weighted by molar-refractivity contribution is 5.57. The van der Waals surface area contributed by atoms with Gasteiger partial charge in [0.05, 0.1) is 6.20 Å². The molecule has 1 aliphatic carbocycles. The van der Waals surface area contributed by atoms with Crippen LogP contribution in [0.3, 0.4) is 0 Å². The number of nitrogens with one attached hydrogen (secondary N) is 2. The van der Waals surface area contributed by atoms with Crippen molar-refractivity contribution in [1.29, 1.82) is 0 Å². The highest BCUT2D eigenvalue weighted by atomic mass is 19.1. The first-order valence-electron chi connectivity index (χ1n) is 7.39. The van der Waals surface area contributed by atoms with Gasteiger partial charge in [-0.1, -0.05) is 25.3 Å². The Balaban J connectivity index is 1.73. The van der Waals surface area contributed by atoms with Crippen LogP contribution in [0, 0.1) is 11.6 Å². The maximum Gasteiger partial charge on any atom is 0.244 e. The second kappa shape index (κ2) is 6.64. The molecule has 0 spiro atoms. The van der Waals surface area contributed by atoms with E-state index in [9.17, 15) is 8.78 Å². The molecule has 5 nitrogen and oxygen atoms in total. The average molecular weight is 305 g/mol. The minimum Gasteiger partial charge on any atom is -0.350 e. The maximum atomic E-state index is 13.6. The monoisotopic (exact) mass is 305 g/mol. The number of para-hydroxylation sites is 1. The van der Waals surface area contributed by atoms with Crippen LogP contribution in [-0.4, -0.2) is 21.2 Å². The van der Waals surface area contributed by atoms with Gasteiger partial charge in [-0.2, -0.15) is 10.1 Å². The van der Waals surface area contributed by atoms with Gasteiger partial charge >= 0.3 is 0 Å². The van der Waals surface area contributed by atoms with Crippen LogP contribution in [0.2, 0.25) is 0 Å². The summed E-state index contributed by atoms with van der Waals surface area (Å²) in [5.41, 5.74) is -0.244. The lowest BCUT2D eigenvalue weighted by atomic mass is 9.96. The number of hydrogen-bond donors (Lipinski definition) is 2. The Labute approximate surface area is 127 Å². The summed E-state index contributed by atoms with van der Waals surface area (Å²) in [6.07, 6.45) is 7.10. The van der Waals surface area contributed by atoms with Crippen molar-refractivity contribution < 1.29 is 8.78 Å². The lowest BCUT2D eigenvalue weighted by Gasteiger charge is -2.22. The Morgan fingerprint density at radius 1 is 1.05 bits per heavy atom. The molecule has 1 heterocycles. The number of rotatable bonds is 4. The van der Waals surface area contributed by atoms with E-state index in [2.05, 4.69) is 25.8 Å². The van der Waals surface area contributed by atoms with E-state index in [0.29, 0.717) is 12.0 Å². The van der Waals surface area contributed by atoms with Crippen molar-refractivity contribution in [3.8, 4) is 0 Å². The Bertz CT molecular complexity index is 623. The molecule has 1 fully saturated rings. The molecule has 0 saturated heterocycles. The molecule has 0 aliphatic heterocycles. The molecule has 0 radical (unpaired) electrons. The quantitative estimate of drug-likeness (QED) is 0.903. The van der Waals surface area contributed by atoms with Crippen molar-refractivity contribution in [2.75, 3.05) is 10.6 Å². The highest BCUT2D eigenvalue weighted by Crippen LogP contribution is 2.23. The van der Waals surface area contributed by atoms with E-state index in [0.717, 1.165) is 12.8 Å². The first-order chi connectivity index (χ1) is 10.7. The Morgan fingerprint density at radius 3 is 2.50 bits per heavy atom. The number of benzene rings is 1. The average Bonchev–Trinajstić information content (AvgIpc) is 2.53. The normalized spacial score (nSPS) is 15.5. The summed E-state index contributed by atoms with van der Waals surface area (Å²) in [5.74, 6) is -0.744. The lowest BCUT2D eigenvalue weighted by molar-refractivity contribution is 0.460. The lowest BCUT2D eigenvalue weighted by Crippen LogP contribution is -2.23. The predicted molar refractivity (Wildman–Crippen MR) is 80.0 cm³/mol. The second-order valence-corrected chi connectivity index (χ2v) is 5.37. The number of aromatic nitrogens is 3. The van der Waals surface area contributed by atoms with Gasteiger partial charge in [-0.05, 0) is 25.0 Å². The van der Waals surface area contributed by atoms with Gasteiger partial charge in [0.1, 0.15) is 17.3 Å². The molecule has 1 saturated carbocycles. The van der Waals surface area contributed by atoms with E-state index < -0.39 is 11.6 Å². The van der Waals surface area contributed by atoms with Gasteiger partial charge in [-0.3, -0.25) is 0 Å². The fourth-order valence-electron chi connectivity index (χ4n) is 2.60. The van der Waals surface area contributed by atoms with Crippen LogP contribution in [0.5, 0.6) is 0 Å². The standard InChI is InChI=1S/C15H17F2N5/c16-11-7-4-8-12(17)14(11)20-13-9-18-22-15(21-13)19-10-5-2-1-3-6-10/h4,7-10H,1-3,5-6H2,(H2,19,20,21,22). The number of halogens is 2. The highest BCUT2D eigenvalue weighted by Gasteiger charge is 2.15. The zero-order valence-electron chi connectivity index (χ0n) is 12.0. The van der Waals surface area contributed by atoms with Gasteiger partial charge in [0.2, 0.25) is 5.95 Å². The van der Waals surface area contributed by atoms with Crippen molar-refractivity contribution in [1.82, 2.24) is 15.2 Å². The zero-order valence-corrected chi connectivity index (χ0v) is 12.0. The smallest absolute Gasteiger partial charge is 0.244 e. The van der Waals surface area contributed by atoms with Crippen LogP contribution in [0.1, 0.15) is 32.1 Å². The van der Waals surface area contributed by atoms with Crippen molar-refractivity contribution in [3.05, 3.63) is 36.0 Å². The number of nitrogens with zero attached hydrogens (tertiary/aromatic N) is 3. The van der Waals surface area contributed by atoms with Crippen LogP contribution in [0.4, 0.5) is 26.2 Å². The molecule has 1 aliphatic rings. The largest absolute Gasteiger partial charge is 0.350 e. The molecule has 2 N–H and O–H groups in total. The van der Waals surface area contributed by atoms with E-state index in [1.54, 1.807) is 0 Å². The van der Waals surface area contributed by atoms with Crippen molar-refractivity contribution in [2.45, 2.75) is 38.1 Å². The Kier molecular flexibility index (Phi) is 4.41. The first-order valence-corrected chi connectivity index (χ1v) is 7.39. The van der Waals surface area contributed by atoms with Gasteiger partial charge < -0.3 is 10.6 Å². The molecule has 1 aromatic carbocycles. The first kappa shape index (κ1) is 14.6. The van der Waals surface area contributed by atoms with E-state index in [1.165, 1.54) is 43.7 Å². The summed E-state index contributed by atoms with van der Waals surface area (Å²) in [6, 6.07) is 4.00. The summed E-state index contributed by atoms with van der Waals surface area (Å²) >= 11 is 0. The number of hydrogen-bond acceptors (Lipinski definition) is 5. The molecule has 2 aromatic rings. The van der Waals surface area contributed by atoms with E-state index in [1.807, 2.05) is 0 Å². The molecule has 3 rings (SSSR count). The van der Waals surface area contributed by atoms with Gasteiger partial charge in [-0.25, -0.2) is 8.78 Å². The van der Waals surface area contributed by atoms with Crippen LogP contribution in [0.15, 0.2) is 24.4 Å². The second-order valence-electron chi connectivity index (χ2n) is 5.37. The van der Waals surface area contributed by atoms with Gasteiger partial charge in [0, 0.05) is 6.04 Å². The zero-order chi connectivity index (χ0) is 15.4. The molecule has 116 valence electrons. The SMILES string of the molecule is Fc1cccc(F)c1Nc1cnnc(NC2CCCCC2)n1. The molecule has 0 unspecified atom stereocenters. The minimum atomic E-state index is -0.680. The third-order valence-corrected chi connectivity index (χ3v) is 3.71. The summed E-state index contributed by atoms with van der Waals surface area (Å²) in [4.78, 5) is 4.22. The molecule has 22 heavy (non-hydrogen) atoms. The van der Waals surface area contributed by atoms with Crippen molar-refractivity contribution >= 4 is 17.5 Å². The summed E-state index contributed by atoms with van der Waals surface area (Å²) < 4.78 is 27.3. The van der Waals surface area contributed by atoms with Crippen LogP contribution in [0.25, 0.3) is 0 Å². The Morgan fingerprint density at radius 2 is 1.77 bits per heavy atom. The van der Waals surface area contributed by atoms with E-state index >= 15 is 0 Å². The molecule has 0 atom stereocenters. The molecule has 1 aromatic heterocycles. The van der Waals surface area contributed by atoms with Gasteiger partial charge in [0.25, 0.3) is 0 Å². The van der Waals surface area contributed by atoms with Crippen LogP contribution in [-0.2, 0) is 0 Å². The van der Waals surface area contributed by atoms with Gasteiger partial charge in [-0.15, -0.1) is 5.10 Å². The molecular formula is C15H17F2N5. The van der Waals surface area contributed by atoms with E-state index in [4.69, 9.17) is 0 Å². The fraction of sp³-hybridized carbons (Fsp3) is 0.400. The minimum absolute atomic E-state index is 0.244. The van der Waals surface area contributed by atoms with E-state index in [-0.39, 0.29) is 11.5 Å². The fourth-order valence-corrected chi connectivity index (χ4v) is 2.60. The predicted octanol–water partition coefficient (Wildman–Crippen LogP) is 3.64. The summed E-state index contributed by atoms with van der Waals surface area (Å²) in [5, 5.41) is 13.6. The molecule has 7 heteroatoms. The summed E-state index contributed by atoms with van der Waals surface area (Å²) in [7, 11) is 0. The number of anilines is 3. The Hall–Kier alpha value is -2.31. The maximum absolute atomic E-state index is 13.6. The molecule has 0 amide bonds. The molecular weight excluding hydrogens is 288 g/mol. The third kappa shape index (κ3) is 3.47. The van der Waals surface area contributed by atoms with Crippen molar-refractivity contribution in [3.63, 3.8) is 0 Å². The van der Waals surface area contributed by atoms with Crippen LogP contribution >= 0.6 is 0 Å². The topological polar surface area (TPSA) is 62.7 Å². The van der Waals surface area contributed by atoms with Gasteiger partial charge in [0.15, 0.2) is 5.82 Å². The molecule has 0 bridgehead atoms. The van der Waals surface area contributed by atoms with Crippen LogP contribution < -0.4 is 10.6 Å². The van der Waals surface area contributed by atoms with Crippen molar-refractivity contribution in [2.24, 2.45) is 0 Å². The summed E-state index contributed by atoms with van der Waals surface area (Å²) in [6.45, 7) is 0.